The van der Waals surface area contributed by atoms with Crippen LogP contribution in [0.1, 0.15) is 0 Å². The number of carboxylic acids is 1. The third-order valence-corrected chi connectivity index (χ3v) is 2.23. The SMILES string of the molecule is O=C(O)C(Br)Cn1c(O)ccc1O. The van der Waals surface area contributed by atoms with Crippen molar-refractivity contribution in [1.82, 2.24) is 4.57 Å². The van der Waals surface area contributed by atoms with Gasteiger partial charge in [-0.2, -0.15) is 0 Å². The molecule has 0 aliphatic carbocycles. The predicted octanol–water partition coefficient (Wildman–Crippen LogP) is 0.747. The van der Waals surface area contributed by atoms with Gasteiger partial charge in [0, 0.05) is 12.1 Å². The number of carbonyl (C=O) groups is 1. The quantitative estimate of drug-likeness (QED) is 0.691. The molecule has 1 rings (SSSR count). The highest BCUT2D eigenvalue weighted by Gasteiger charge is 2.16. The molecule has 1 aromatic heterocycles. The summed E-state index contributed by atoms with van der Waals surface area (Å²) in [5.74, 6) is -1.38. The molecule has 1 heterocycles. The summed E-state index contributed by atoms with van der Waals surface area (Å²) in [4.78, 5) is 9.59. The average Bonchev–Trinajstić information content (AvgIpc) is 2.35. The minimum Gasteiger partial charge on any atom is -0.494 e. The van der Waals surface area contributed by atoms with E-state index < -0.39 is 10.8 Å². The van der Waals surface area contributed by atoms with Gasteiger partial charge in [0.1, 0.15) is 4.83 Å². The molecule has 0 fully saturated rings. The van der Waals surface area contributed by atoms with Gasteiger partial charge in [-0.3, -0.25) is 9.36 Å². The van der Waals surface area contributed by atoms with Crippen LogP contribution >= 0.6 is 15.9 Å². The Kier molecular flexibility index (Phi) is 2.82. The Balaban J connectivity index is 2.79. The number of halogens is 1. The van der Waals surface area contributed by atoms with Crippen molar-refractivity contribution in [3.05, 3.63) is 12.1 Å². The van der Waals surface area contributed by atoms with Gasteiger partial charge >= 0.3 is 5.97 Å². The van der Waals surface area contributed by atoms with Gasteiger partial charge in [-0.1, -0.05) is 15.9 Å². The molecule has 6 heteroatoms. The van der Waals surface area contributed by atoms with Crippen molar-refractivity contribution in [3.63, 3.8) is 0 Å². The first kappa shape index (κ1) is 9.91. The molecule has 1 unspecified atom stereocenters. The lowest BCUT2D eigenvalue weighted by atomic mass is 10.4. The Labute approximate surface area is 82.4 Å². The number of aromatic nitrogens is 1. The molecule has 0 saturated carbocycles. The second-order valence-electron chi connectivity index (χ2n) is 2.47. The predicted molar refractivity (Wildman–Crippen MR) is 48.1 cm³/mol. The molecular formula is C7H8BrNO4. The summed E-state index contributed by atoms with van der Waals surface area (Å²) in [6.07, 6.45) is 0. The first-order valence-electron chi connectivity index (χ1n) is 3.46. The molecule has 0 aliphatic heterocycles. The van der Waals surface area contributed by atoms with Crippen LogP contribution in [0.4, 0.5) is 0 Å². The molecule has 0 aromatic carbocycles. The summed E-state index contributed by atoms with van der Waals surface area (Å²) in [7, 11) is 0. The fourth-order valence-electron chi connectivity index (χ4n) is 0.872. The van der Waals surface area contributed by atoms with Crippen LogP contribution in [0.25, 0.3) is 0 Å². The van der Waals surface area contributed by atoms with Crippen molar-refractivity contribution in [2.24, 2.45) is 0 Å². The third-order valence-electron chi connectivity index (χ3n) is 1.55. The second kappa shape index (κ2) is 3.69. The van der Waals surface area contributed by atoms with Crippen molar-refractivity contribution in [2.75, 3.05) is 0 Å². The fraction of sp³-hybridized carbons (Fsp3) is 0.286. The average molecular weight is 250 g/mol. The fourth-order valence-corrected chi connectivity index (χ4v) is 1.16. The number of carboxylic acid groups (broad SMARTS) is 1. The van der Waals surface area contributed by atoms with Gasteiger partial charge in [0.2, 0.25) is 0 Å². The molecule has 3 N–H and O–H groups in total. The number of hydrogen-bond donors (Lipinski definition) is 3. The molecule has 72 valence electrons. The topological polar surface area (TPSA) is 82.7 Å². The van der Waals surface area contributed by atoms with Crippen LogP contribution in [-0.4, -0.2) is 30.7 Å². The number of aromatic hydroxyl groups is 2. The lowest BCUT2D eigenvalue weighted by Crippen LogP contribution is -2.19. The third kappa shape index (κ3) is 2.15. The molecule has 0 saturated heterocycles. The van der Waals surface area contributed by atoms with Crippen LogP contribution < -0.4 is 0 Å². The maximum atomic E-state index is 10.4. The van der Waals surface area contributed by atoms with Crippen LogP contribution in [0.15, 0.2) is 12.1 Å². The highest BCUT2D eigenvalue weighted by Crippen LogP contribution is 2.22. The summed E-state index contributed by atoms with van der Waals surface area (Å²) < 4.78 is 1.09. The van der Waals surface area contributed by atoms with E-state index in [1.54, 1.807) is 0 Å². The molecule has 0 spiro atoms. The Morgan fingerprint density at radius 3 is 2.31 bits per heavy atom. The van der Waals surface area contributed by atoms with Gasteiger partial charge in [0.25, 0.3) is 0 Å². The van der Waals surface area contributed by atoms with E-state index >= 15 is 0 Å². The van der Waals surface area contributed by atoms with Crippen molar-refractivity contribution in [2.45, 2.75) is 11.4 Å². The molecule has 0 bridgehead atoms. The molecule has 1 atom stereocenters. The van der Waals surface area contributed by atoms with E-state index in [-0.39, 0.29) is 18.3 Å². The molecule has 0 aliphatic rings. The van der Waals surface area contributed by atoms with E-state index in [0.29, 0.717) is 0 Å². The van der Waals surface area contributed by atoms with Crippen LogP contribution in [-0.2, 0) is 11.3 Å². The van der Waals surface area contributed by atoms with E-state index in [1.165, 1.54) is 12.1 Å². The Morgan fingerprint density at radius 1 is 1.46 bits per heavy atom. The molecule has 0 radical (unpaired) electrons. The maximum Gasteiger partial charge on any atom is 0.319 e. The molecule has 5 nitrogen and oxygen atoms in total. The van der Waals surface area contributed by atoms with Crippen molar-refractivity contribution < 1.29 is 20.1 Å². The standard InChI is InChI=1S/C7H8BrNO4/c8-4(7(12)13)3-9-5(10)1-2-6(9)11/h1-2,4,10-11H,3H2,(H,12,13). The van der Waals surface area contributed by atoms with Crippen molar-refractivity contribution in [1.29, 1.82) is 0 Å². The Morgan fingerprint density at radius 2 is 1.92 bits per heavy atom. The summed E-state index contributed by atoms with van der Waals surface area (Å²) >= 11 is 2.89. The van der Waals surface area contributed by atoms with E-state index in [0.717, 1.165) is 4.57 Å². The zero-order valence-corrected chi connectivity index (χ0v) is 8.10. The Hall–Kier alpha value is -1.17. The molecular weight excluding hydrogens is 242 g/mol. The maximum absolute atomic E-state index is 10.4. The number of aliphatic carboxylic acids is 1. The molecule has 1 aromatic rings. The first-order valence-corrected chi connectivity index (χ1v) is 4.38. The highest BCUT2D eigenvalue weighted by molar-refractivity contribution is 9.10. The van der Waals surface area contributed by atoms with E-state index in [1.807, 2.05) is 0 Å². The van der Waals surface area contributed by atoms with Gasteiger partial charge in [-0.15, -0.1) is 0 Å². The van der Waals surface area contributed by atoms with Gasteiger partial charge in [0.15, 0.2) is 11.8 Å². The largest absolute Gasteiger partial charge is 0.494 e. The van der Waals surface area contributed by atoms with Crippen LogP contribution in [0.2, 0.25) is 0 Å². The van der Waals surface area contributed by atoms with Crippen LogP contribution in [0.5, 0.6) is 11.8 Å². The summed E-state index contributed by atoms with van der Waals surface area (Å²) in [6.45, 7) is -0.0278. The van der Waals surface area contributed by atoms with Crippen LogP contribution in [0, 0.1) is 0 Å². The van der Waals surface area contributed by atoms with E-state index in [2.05, 4.69) is 15.9 Å². The minimum absolute atomic E-state index is 0.0278. The van der Waals surface area contributed by atoms with Gasteiger partial charge < -0.3 is 15.3 Å². The normalized spacial score (nSPS) is 12.7. The number of nitrogens with zero attached hydrogens (tertiary/aromatic N) is 1. The Bertz CT molecular complexity index is 303. The van der Waals surface area contributed by atoms with Crippen molar-refractivity contribution in [3.8, 4) is 11.8 Å². The summed E-state index contributed by atoms with van der Waals surface area (Å²) in [5, 5.41) is 26.8. The van der Waals surface area contributed by atoms with Crippen LogP contribution in [0.3, 0.4) is 0 Å². The zero-order chi connectivity index (χ0) is 10.0. The number of hydrogen-bond acceptors (Lipinski definition) is 3. The number of alkyl halides is 1. The monoisotopic (exact) mass is 249 g/mol. The zero-order valence-electron chi connectivity index (χ0n) is 6.51. The lowest BCUT2D eigenvalue weighted by Gasteiger charge is -2.08. The summed E-state index contributed by atoms with van der Waals surface area (Å²) in [5.41, 5.74) is 0. The van der Waals surface area contributed by atoms with Gasteiger partial charge in [0.05, 0.1) is 6.54 Å². The highest BCUT2D eigenvalue weighted by atomic mass is 79.9. The molecule has 0 amide bonds. The van der Waals surface area contributed by atoms with Gasteiger partial charge in [-0.05, 0) is 0 Å². The van der Waals surface area contributed by atoms with Gasteiger partial charge in [-0.25, -0.2) is 0 Å². The molecule has 13 heavy (non-hydrogen) atoms. The van der Waals surface area contributed by atoms with Crippen molar-refractivity contribution >= 4 is 21.9 Å². The van der Waals surface area contributed by atoms with E-state index in [9.17, 15) is 4.79 Å². The smallest absolute Gasteiger partial charge is 0.319 e. The minimum atomic E-state index is -1.05. The van der Waals surface area contributed by atoms with E-state index in [4.69, 9.17) is 15.3 Å². The second-order valence-corrected chi connectivity index (χ2v) is 3.57. The lowest BCUT2D eigenvalue weighted by molar-refractivity contribution is -0.136. The first-order chi connectivity index (χ1) is 6.02. The summed E-state index contributed by atoms with van der Waals surface area (Å²) in [6, 6.07) is 2.58. The number of rotatable bonds is 3.